The minimum absolute atomic E-state index is 0.0906. The number of aliphatic hydroxyl groups excluding tert-OH is 2. The Bertz CT molecular complexity index is 789. The third-order valence-electron chi connectivity index (χ3n) is 4.08. The summed E-state index contributed by atoms with van der Waals surface area (Å²) in [6.45, 7) is 7.23. The number of para-hydroxylation sites is 1. The van der Waals surface area contributed by atoms with E-state index in [9.17, 15) is 15.0 Å². The van der Waals surface area contributed by atoms with Gasteiger partial charge in [0.15, 0.2) is 29.6 Å². The number of anilines is 1. The fourth-order valence-electron chi connectivity index (χ4n) is 2.71. The molecule has 2 unspecified atom stereocenters. The van der Waals surface area contributed by atoms with Gasteiger partial charge in [-0.25, -0.2) is 9.69 Å². The zero-order valence-electron chi connectivity index (χ0n) is 14.6. The van der Waals surface area contributed by atoms with Gasteiger partial charge in [0.1, 0.15) is 5.75 Å². The number of urea groups is 1. The maximum Gasteiger partial charge on any atom is 0.330 e. The standard InChI is InChI=1S/C18H21N3O5/c1-4-10-20-15(22)16(23)21(17(20)24)14-11-13(26-19-14)18(2,3)25-12-8-6-5-7-9-12/h4-9,11,15-16,22-23H,1,10H2,2-3H3. The van der Waals surface area contributed by atoms with Crippen molar-refractivity contribution < 1.29 is 24.3 Å². The van der Waals surface area contributed by atoms with E-state index in [1.54, 1.807) is 13.8 Å². The van der Waals surface area contributed by atoms with E-state index in [1.807, 2.05) is 30.3 Å². The lowest BCUT2D eigenvalue weighted by Gasteiger charge is -2.23. The van der Waals surface area contributed by atoms with Gasteiger partial charge in [-0.3, -0.25) is 4.90 Å². The Morgan fingerprint density at radius 1 is 1.31 bits per heavy atom. The molecule has 8 nitrogen and oxygen atoms in total. The molecule has 2 heterocycles. The molecule has 2 atom stereocenters. The first kappa shape index (κ1) is 18.0. The summed E-state index contributed by atoms with van der Waals surface area (Å²) in [7, 11) is 0. The molecular formula is C18H21N3O5. The van der Waals surface area contributed by atoms with Crippen molar-refractivity contribution in [2.75, 3.05) is 11.4 Å². The number of benzene rings is 1. The first-order chi connectivity index (χ1) is 12.3. The average molecular weight is 359 g/mol. The van der Waals surface area contributed by atoms with Crippen LogP contribution in [0.25, 0.3) is 0 Å². The summed E-state index contributed by atoms with van der Waals surface area (Å²) in [6.07, 6.45) is -1.38. The predicted octanol–water partition coefficient (Wildman–Crippen LogP) is 2.05. The van der Waals surface area contributed by atoms with Crippen LogP contribution in [0.1, 0.15) is 19.6 Å². The van der Waals surface area contributed by atoms with Crippen LogP contribution in [-0.4, -0.2) is 45.3 Å². The second-order valence-electron chi connectivity index (χ2n) is 6.40. The molecule has 2 aromatic rings. The maximum atomic E-state index is 12.4. The van der Waals surface area contributed by atoms with Gasteiger partial charge in [0.05, 0.1) is 0 Å². The van der Waals surface area contributed by atoms with Crippen LogP contribution in [-0.2, 0) is 5.60 Å². The second-order valence-corrected chi connectivity index (χ2v) is 6.40. The van der Waals surface area contributed by atoms with Gasteiger partial charge in [-0.05, 0) is 26.0 Å². The highest BCUT2D eigenvalue weighted by Crippen LogP contribution is 2.32. The number of ether oxygens (including phenoxy) is 1. The molecule has 0 aliphatic carbocycles. The van der Waals surface area contributed by atoms with Crippen LogP contribution in [0.4, 0.5) is 10.6 Å². The monoisotopic (exact) mass is 359 g/mol. The SMILES string of the molecule is C=CCN1C(=O)N(c2cc(C(C)(C)Oc3ccccc3)on2)C(O)C1O. The number of aliphatic hydroxyl groups is 2. The normalized spacial score (nSPS) is 20.5. The van der Waals surface area contributed by atoms with Crippen LogP contribution in [0.15, 0.2) is 53.6 Å². The smallest absolute Gasteiger partial charge is 0.330 e. The quantitative estimate of drug-likeness (QED) is 0.766. The van der Waals surface area contributed by atoms with Gasteiger partial charge in [-0.1, -0.05) is 29.4 Å². The Morgan fingerprint density at radius 3 is 2.65 bits per heavy atom. The van der Waals surface area contributed by atoms with Crippen molar-refractivity contribution in [1.29, 1.82) is 0 Å². The van der Waals surface area contributed by atoms with Crippen molar-refractivity contribution in [3.05, 3.63) is 54.8 Å². The summed E-state index contributed by atoms with van der Waals surface area (Å²) in [4.78, 5) is 14.5. The molecule has 2 amide bonds. The van der Waals surface area contributed by atoms with Gasteiger partial charge in [-0.2, -0.15) is 0 Å². The number of hydrogen-bond acceptors (Lipinski definition) is 6. The molecule has 3 rings (SSSR count). The van der Waals surface area contributed by atoms with Gasteiger partial charge in [0.25, 0.3) is 0 Å². The summed E-state index contributed by atoms with van der Waals surface area (Å²) in [5, 5.41) is 24.1. The lowest BCUT2D eigenvalue weighted by Crippen LogP contribution is -2.37. The van der Waals surface area contributed by atoms with Gasteiger partial charge >= 0.3 is 6.03 Å². The predicted molar refractivity (Wildman–Crippen MR) is 93.4 cm³/mol. The number of carbonyl (C=O) groups excluding carboxylic acids is 1. The molecule has 8 heteroatoms. The molecular weight excluding hydrogens is 338 g/mol. The van der Waals surface area contributed by atoms with Crippen molar-refractivity contribution in [2.24, 2.45) is 0 Å². The van der Waals surface area contributed by atoms with Crippen molar-refractivity contribution >= 4 is 11.8 Å². The van der Waals surface area contributed by atoms with Gasteiger partial charge in [0, 0.05) is 12.6 Å². The molecule has 26 heavy (non-hydrogen) atoms. The summed E-state index contributed by atoms with van der Waals surface area (Å²) < 4.78 is 11.3. The third-order valence-corrected chi connectivity index (χ3v) is 4.08. The molecule has 0 bridgehead atoms. The van der Waals surface area contributed by atoms with Gasteiger partial charge < -0.3 is 19.5 Å². The van der Waals surface area contributed by atoms with E-state index < -0.39 is 24.1 Å². The van der Waals surface area contributed by atoms with E-state index in [-0.39, 0.29) is 12.4 Å². The molecule has 1 aliphatic heterocycles. The number of nitrogens with zero attached hydrogens (tertiary/aromatic N) is 3. The van der Waals surface area contributed by atoms with Crippen molar-refractivity contribution in [3.8, 4) is 5.75 Å². The van der Waals surface area contributed by atoms with E-state index in [2.05, 4.69) is 11.7 Å². The minimum atomic E-state index is -1.46. The molecule has 138 valence electrons. The van der Waals surface area contributed by atoms with E-state index >= 15 is 0 Å². The largest absolute Gasteiger partial charge is 0.480 e. The number of carbonyl (C=O) groups is 1. The molecule has 1 saturated heterocycles. The Morgan fingerprint density at radius 2 is 2.00 bits per heavy atom. The Labute approximate surface area is 150 Å². The summed E-state index contributed by atoms with van der Waals surface area (Å²) in [6, 6.07) is 10.1. The van der Waals surface area contributed by atoms with E-state index in [1.165, 1.54) is 12.1 Å². The summed E-state index contributed by atoms with van der Waals surface area (Å²) >= 11 is 0. The minimum Gasteiger partial charge on any atom is -0.480 e. The molecule has 2 N–H and O–H groups in total. The maximum absolute atomic E-state index is 12.4. The second kappa shape index (κ2) is 6.81. The van der Waals surface area contributed by atoms with Crippen molar-refractivity contribution in [2.45, 2.75) is 31.9 Å². The third kappa shape index (κ3) is 3.16. The highest BCUT2D eigenvalue weighted by Gasteiger charge is 2.46. The van der Waals surface area contributed by atoms with E-state index in [0.29, 0.717) is 11.5 Å². The lowest BCUT2D eigenvalue weighted by atomic mass is 10.1. The Kier molecular flexibility index (Phi) is 4.71. The molecule has 1 aromatic carbocycles. The highest BCUT2D eigenvalue weighted by atomic mass is 16.5. The van der Waals surface area contributed by atoms with E-state index in [0.717, 1.165) is 9.80 Å². The van der Waals surface area contributed by atoms with Gasteiger partial charge in [0.2, 0.25) is 0 Å². The summed E-state index contributed by atoms with van der Waals surface area (Å²) in [5.74, 6) is 1.11. The Balaban J connectivity index is 1.83. The number of amides is 2. The number of rotatable bonds is 6. The highest BCUT2D eigenvalue weighted by molar-refractivity contribution is 5.94. The molecule has 1 aromatic heterocycles. The average Bonchev–Trinajstić information content (AvgIpc) is 3.16. The lowest BCUT2D eigenvalue weighted by molar-refractivity contribution is -0.0236. The molecule has 0 radical (unpaired) electrons. The van der Waals surface area contributed by atoms with Crippen LogP contribution < -0.4 is 9.64 Å². The van der Waals surface area contributed by atoms with E-state index in [4.69, 9.17) is 9.26 Å². The van der Waals surface area contributed by atoms with Crippen LogP contribution in [0.3, 0.4) is 0 Å². The zero-order chi connectivity index (χ0) is 18.9. The fourth-order valence-corrected chi connectivity index (χ4v) is 2.71. The molecule has 1 fully saturated rings. The van der Waals surface area contributed by atoms with Crippen LogP contribution in [0.5, 0.6) is 5.75 Å². The number of aromatic nitrogens is 1. The van der Waals surface area contributed by atoms with Crippen molar-refractivity contribution in [1.82, 2.24) is 10.1 Å². The fraction of sp³-hybridized carbons (Fsp3) is 0.333. The van der Waals surface area contributed by atoms with Crippen molar-refractivity contribution in [3.63, 3.8) is 0 Å². The molecule has 1 aliphatic rings. The van der Waals surface area contributed by atoms with Crippen LogP contribution in [0, 0.1) is 0 Å². The molecule has 0 saturated carbocycles. The van der Waals surface area contributed by atoms with Crippen LogP contribution in [0.2, 0.25) is 0 Å². The number of hydrogen-bond donors (Lipinski definition) is 2. The summed E-state index contributed by atoms with van der Waals surface area (Å²) in [5.41, 5.74) is -0.861. The van der Waals surface area contributed by atoms with Crippen LogP contribution >= 0.6 is 0 Å². The first-order valence-electron chi connectivity index (χ1n) is 8.13. The first-order valence-corrected chi connectivity index (χ1v) is 8.13. The zero-order valence-corrected chi connectivity index (χ0v) is 14.6. The Hall–Kier alpha value is -2.84. The topological polar surface area (TPSA) is 99.3 Å². The van der Waals surface area contributed by atoms with Gasteiger partial charge in [-0.15, -0.1) is 6.58 Å². The molecule has 0 spiro atoms.